The highest BCUT2D eigenvalue weighted by molar-refractivity contribution is 7.84. The Balaban J connectivity index is 2.63. The Kier molecular flexibility index (Phi) is 3.49. The van der Waals surface area contributed by atoms with Crippen LogP contribution < -0.4 is 0 Å². The zero-order valence-electron chi connectivity index (χ0n) is 9.35. The third-order valence-electron chi connectivity index (χ3n) is 2.21. The molecule has 2 aromatic rings. The summed E-state index contributed by atoms with van der Waals surface area (Å²) in [6, 6.07) is 3.76. The molecule has 0 spiro atoms. The Bertz CT molecular complexity index is 589. The summed E-state index contributed by atoms with van der Waals surface area (Å²) in [7, 11) is -1.24. The van der Waals surface area contributed by atoms with Gasteiger partial charge in [0.15, 0.2) is 0 Å². The van der Waals surface area contributed by atoms with Crippen LogP contribution in [0.1, 0.15) is 5.56 Å². The molecule has 0 amide bonds. The maximum atomic E-state index is 11.3. The minimum Gasteiger partial charge on any atom is -0.254 e. The van der Waals surface area contributed by atoms with Crippen molar-refractivity contribution in [2.24, 2.45) is 0 Å². The highest BCUT2D eigenvalue weighted by atomic mass is 35.5. The molecular weight excluding hydrogens is 258 g/mol. The zero-order valence-corrected chi connectivity index (χ0v) is 10.9. The summed E-state index contributed by atoms with van der Waals surface area (Å²) < 4.78 is 11.3. The van der Waals surface area contributed by atoms with Gasteiger partial charge < -0.3 is 0 Å². The van der Waals surface area contributed by atoms with Gasteiger partial charge in [-0.1, -0.05) is 17.7 Å². The molecule has 0 saturated carbocycles. The minimum atomic E-state index is -1.24. The van der Waals surface area contributed by atoms with E-state index in [1.807, 2.05) is 19.1 Å². The van der Waals surface area contributed by atoms with Crippen LogP contribution in [0.4, 0.5) is 0 Å². The Labute approximate surface area is 107 Å². The summed E-state index contributed by atoms with van der Waals surface area (Å²) in [5.41, 5.74) is 2.16. The van der Waals surface area contributed by atoms with Crippen LogP contribution in [0.3, 0.4) is 0 Å². The Hall–Kier alpha value is -1.33. The molecule has 6 heteroatoms. The molecule has 4 nitrogen and oxygen atoms in total. The maximum Gasteiger partial charge on any atom is 0.218 e. The third kappa shape index (κ3) is 2.50. The van der Waals surface area contributed by atoms with Crippen LogP contribution in [0.25, 0.3) is 11.4 Å². The second kappa shape index (κ2) is 4.89. The van der Waals surface area contributed by atoms with Gasteiger partial charge in [-0.25, -0.2) is 9.97 Å². The van der Waals surface area contributed by atoms with E-state index in [2.05, 4.69) is 15.0 Å². The average Bonchev–Trinajstić information content (AvgIpc) is 2.30. The van der Waals surface area contributed by atoms with Gasteiger partial charge >= 0.3 is 0 Å². The first-order valence-electron chi connectivity index (χ1n) is 4.87. The fourth-order valence-corrected chi connectivity index (χ4v) is 1.99. The topological polar surface area (TPSA) is 55.7 Å². The Morgan fingerprint density at radius 1 is 1.29 bits per heavy atom. The van der Waals surface area contributed by atoms with Crippen molar-refractivity contribution < 1.29 is 4.21 Å². The first-order valence-corrected chi connectivity index (χ1v) is 6.81. The van der Waals surface area contributed by atoms with Gasteiger partial charge in [-0.05, 0) is 18.6 Å². The fourth-order valence-electron chi connectivity index (χ4n) is 1.39. The van der Waals surface area contributed by atoms with E-state index in [1.165, 1.54) is 12.5 Å². The summed E-state index contributed by atoms with van der Waals surface area (Å²) in [5, 5.41) is 0.662. The van der Waals surface area contributed by atoms with Gasteiger partial charge in [-0.15, -0.1) is 0 Å². The van der Waals surface area contributed by atoms with Crippen molar-refractivity contribution >= 4 is 22.4 Å². The molecule has 2 rings (SSSR count). The summed E-state index contributed by atoms with van der Waals surface area (Å²) in [5.74, 6) is 0. The number of aryl methyl sites for hydroxylation is 1. The van der Waals surface area contributed by atoms with Crippen LogP contribution in [0.5, 0.6) is 0 Å². The van der Waals surface area contributed by atoms with Gasteiger partial charge in [0.25, 0.3) is 0 Å². The highest BCUT2D eigenvalue weighted by Crippen LogP contribution is 2.26. The molecule has 0 radical (unpaired) electrons. The molecule has 2 heterocycles. The molecule has 0 saturated heterocycles. The van der Waals surface area contributed by atoms with Gasteiger partial charge in [-0.3, -0.25) is 9.19 Å². The smallest absolute Gasteiger partial charge is 0.218 e. The third-order valence-corrected chi connectivity index (χ3v) is 3.20. The average molecular weight is 268 g/mol. The van der Waals surface area contributed by atoms with Crippen molar-refractivity contribution in [1.82, 2.24) is 15.0 Å². The van der Waals surface area contributed by atoms with Gasteiger partial charge in [0.1, 0.15) is 5.69 Å². The number of hydrogen-bond donors (Lipinski definition) is 0. The molecule has 0 aliphatic heterocycles. The van der Waals surface area contributed by atoms with Crippen molar-refractivity contribution in [1.29, 1.82) is 0 Å². The number of hydrogen-bond acceptors (Lipinski definition) is 4. The van der Waals surface area contributed by atoms with Gasteiger partial charge in [0.05, 0.1) is 27.7 Å². The normalized spacial score (nSPS) is 12.4. The van der Waals surface area contributed by atoms with E-state index < -0.39 is 10.8 Å². The molecule has 0 unspecified atom stereocenters. The zero-order chi connectivity index (χ0) is 12.4. The highest BCUT2D eigenvalue weighted by Gasteiger charge is 2.12. The largest absolute Gasteiger partial charge is 0.254 e. The Morgan fingerprint density at radius 2 is 2.06 bits per heavy atom. The van der Waals surface area contributed by atoms with Gasteiger partial charge in [0, 0.05) is 12.5 Å². The predicted octanol–water partition coefficient (Wildman–Crippen LogP) is 2.24. The van der Waals surface area contributed by atoms with E-state index in [4.69, 9.17) is 11.6 Å². The predicted molar refractivity (Wildman–Crippen MR) is 67.3 cm³/mol. The number of pyridine rings is 1. The fraction of sp³-hybridized carbons (Fsp3) is 0.182. The Morgan fingerprint density at radius 3 is 2.71 bits per heavy atom. The first kappa shape index (κ1) is 12.1. The SMILES string of the molecule is Cc1cccnc1-c1nc([S@@](C)=O)ncc1Cl. The summed E-state index contributed by atoms with van der Waals surface area (Å²) in [4.78, 5) is 12.4. The summed E-state index contributed by atoms with van der Waals surface area (Å²) in [6.07, 6.45) is 4.65. The molecule has 0 fully saturated rings. The quantitative estimate of drug-likeness (QED) is 0.783. The van der Waals surface area contributed by atoms with Crippen molar-refractivity contribution in [3.63, 3.8) is 0 Å². The van der Waals surface area contributed by atoms with E-state index in [0.29, 0.717) is 16.4 Å². The number of halogens is 1. The van der Waals surface area contributed by atoms with Crippen LogP contribution in [0.15, 0.2) is 29.7 Å². The molecule has 2 aromatic heterocycles. The lowest BCUT2D eigenvalue weighted by Crippen LogP contribution is -2.00. The lowest BCUT2D eigenvalue weighted by Gasteiger charge is -2.06. The van der Waals surface area contributed by atoms with E-state index in [1.54, 1.807) is 6.20 Å². The van der Waals surface area contributed by atoms with Gasteiger partial charge in [-0.2, -0.15) is 0 Å². The second-order valence-electron chi connectivity index (χ2n) is 3.47. The number of rotatable bonds is 2. The number of aromatic nitrogens is 3. The standard InChI is InChI=1S/C11H10ClN3OS/c1-7-4-3-5-13-9(7)10-8(12)6-14-11(15-10)17(2)16/h3-6H,1-2H3/t17-/m1/s1. The van der Waals surface area contributed by atoms with Crippen molar-refractivity contribution in [3.05, 3.63) is 35.1 Å². The lowest BCUT2D eigenvalue weighted by atomic mass is 10.1. The van der Waals surface area contributed by atoms with Crippen LogP contribution >= 0.6 is 11.6 Å². The first-order chi connectivity index (χ1) is 8.09. The van der Waals surface area contributed by atoms with E-state index in [-0.39, 0.29) is 5.16 Å². The molecule has 0 aromatic carbocycles. The van der Waals surface area contributed by atoms with Crippen molar-refractivity contribution in [2.45, 2.75) is 12.1 Å². The lowest BCUT2D eigenvalue weighted by molar-refractivity contribution is 0.680. The molecule has 17 heavy (non-hydrogen) atoms. The van der Waals surface area contributed by atoms with Gasteiger partial charge in [0.2, 0.25) is 5.16 Å². The monoisotopic (exact) mass is 267 g/mol. The van der Waals surface area contributed by atoms with Crippen LogP contribution in [0, 0.1) is 6.92 Å². The molecule has 0 aliphatic rings. The van der Waals surface area contributed by atoms with Crippen molar-refractivity contribution in [2.75, 3.05) is 6.26 Å². The van der Waals surface area contributed by atoms with E-state index in [9.17, 15) is 4.21 Å². The van der Waals surface area contributed by atoms with Crippen LogP contribution in [-0.2, 0) is 10.8 Å². The summed E-state index contributed by atoms with van der Waals surface area (Å²) in [6.45, 7) is 1.92. The maximum absolute atomic E-state index is 11.3. The molecule has 0 N–H and O–H groups in total. The molecule has 1 atom stereocenters. The van der Waals surface area contributed by atoms with Crippen LogP contribution in [0.2, 0.25) is 5.02 Å². The van der Waals surface area contributed by atoms with E-state index >= 15 is 0 Å². The van der Waals surface area contributed by atoms with Crippen LogP contribution in [-0.4, -0.2) is 25.4 Å². The molecule has 0 aliphatic carbocycles. The molecular formula is C11H10ClN3OS. The van der Waals surface area contributed by atoms with E-state index in [0.717, 1.165) is 5.56 Å². The second-order valence-corrected chi connectivity index (χ2v) is 5.15. The number of nitrogens with zero attached hydrogens (tertiary/aromatic N) is 3. The molecule has 0 bridgehead atoms. The molecule has 88 valence electrons. The minimum absolute atomic E-state index is 0.259. The van der Waals surface area contributed by atoms with Crippen molar-refractivity contribution in [3.8, 4) is 11.4 Å². The summed E-state index contributed by atoms with van der Waals surface area (Å²) >= 11 is 6.04.